The van der Waals surface area contributed by atoms with Crippen molar-refractivity contribution in [3.63, 3.8) is 0 Å². The fourth-order valence-electron chi connectivity index (χ4n) is 6.14. The van der Waals surface area contributed by atoms with Crippen LogP contribution in [0, 0.1) is 0 Å². The van der Waals surface area contributed by atoms with Crippen molar-refractivity contribution < 1.29 is 76.6 Å². The molecule has 3 saturated heterocycles. The second-order valence-electron chi connectivity index (χ2n) is 12.5. The maximum atomic E-state index is 11.7. The van der Waals surface area contributed by atoms with E-state index >= 15 is 0 Å². The molecule has 19 nitrogen and oxygen atoms in total. The van der Waals surface area contributed by atoms with Crippen LogP contribution in [0.3, 0.4) is 0 Å². The molecule has 2 unspecified atom stereocenters. The standard InChI is InChI=1S/C28H55N3O16S/c1-2-3-4-5-6-7-8-9-10-31-19-22(37)23(45-27-17(29)21(36)20(35)14(11-32)43-27)15(12-33)44-28(19)46-24-16(13-34)42-26(38)18(30)25(24)47-48(39,40)41/h14-28,31-38H,2-13,29-30H2,1H3,(H,39,40,41)/t14-,15-,16-,17-,18-,19-,20-,21-,22-,23?,24?,25-,26-,27+,28+/m1/s1. The Hall–Kier alpha value is -0.730. The predicted molar refractivity (Wildman–Crippen MR) is 164 cm³/mol. The van der Waals surface area contributed by atoms with Gasteiger partial charge in [0.2, 0.25) is 0 Å². The Kier molecular flexibility index (Phi) is 17.2. The highest BCUT2D eigenvalue weighted by atomic mass is 32.3. The van der Waals surface area contributed by atoms with Gasteiger partial charge in [-0.2, -0.15) is 8.42 Å². The Morgan fingerprint density at radius 3 is 1.79 bits per heavy atom. The number of aliphatic hydroxyl groups is 7. The fraction of sp³-hybridized carbons (Fsp3) is 1.00. The minimum Gasteiger partial charge on any atom is -0.394 e. The third-order valence-corrected chi connectivity index (χ3v) is 9.37. The number of aliphatic hydroxyl groups excluding tert-OH is 7. The lowest BCUT2D eigenvalue weighted by molar-refractivity contribution is -0.349. The number of rotatable bonds is 19. The van der Waals surface area contributed by atoms with E-state index in [1.807, 2.05) is 0 Å². The summed E-state index contributed by atoms with van der Waals surface area (Å²) in [4.78, 5) is 0. The molecule has 15 atom stereocenters. The summed E-state index contributed by atoms with van der Waals surface area (Å²) in [6.07, 6.45) is -10.1. The lowest BCUT2D eigenvalue weighted by Crippen LogP contribution is -2.70. The van der Waals surface area contributed by atoms with Gasteiger partial charge in [0, 0.05) is 0 Å². The van der Waals surface area contributed by atoms with E-state index in [-0.39, 0.29) is 0 Å². The topological polar surface area (TPSA) is 315 Å². The second-order valence-corrected chi connectivity index (χ2v) is 13.5. The SMILES string of the molecule is CCCCCCCCCCN[C@H]1[C@H](OC2[C@@H](CO)O[C@@H](O)[C@H](N)[C@H]2OS(=O)(=O)O)O[C@H](CO)C(O[C@@H]2O[C@H](CO)[C@@H](O)[C@H](O)[C@H]2N)[C@@H]1O. The number of nitrogens with one attached hydrogen (secondary N) is 1. The van der Waals surface area contributed by atoms with Crippen LogP contribution < -0.4 is 16.8 Å². The fourth-order valence-corrected chi connectivity index (χ4v) is 6.66. The first-order chi connectivity index (χ1) is 22.8. The summed E-state index contributed by atoms with van der Waals surface area (Å²) in [6, 6.07) is -4.10. The van der Waals surface area contributed by atoms with E-state index in [1.54, 1.807) is 0 Å². The molecule has 3 aliphatic heterocycles. The van der Waals surface area contributed by atoms with Crippen molar-refractivity contribution in [2.75, 3.05) is 26.4 Å². The van der Waals surface area contributed by atoms with Crippen molar-refractivity contribution in [2.24, 2.45) is 11.5 Å². The van der Waals surface area contributed by atoms with E-state index in [2.05, 4.69) is 12.2 Å². The average Bonchev–Trinajstić information content (AvgIpc) is 3.05. The first kappa shape index (κ1) is 41.7. The van der Waals surface area contributed by atoms with Crippen LogP contribution in [0.4, 0.5) is 0 Å². The van der Waals surface area contributed by atoms with Gasteiger partial charge in [-0.15, -0.1) is 0 Å². The van der Waals surface area contributed by atoms with Crippen molar-refractivity contribution in [3.8, 4) is 0 Å². The van der Waals surface area contributed by atoms with Crippen LogP contribution >= 0.6 is 0 Å². The highest BCUT2D eigenvalue weighted by Gasteiger charge is 2.54. The van der Waals surface area contributed by atoms with Crippen molar-refractivity contribution in [3.05, 3.63) is 0 Å². The molecule has 0 saturated carbocycles. The largest absolute Gasteiger partial charge is 0.397 e. The van der Waals surface area contributed by atoms with Crippen LogP contribution in [0.2, 0.25) is 0 Å². The molecule has 0 aromatic carbocycles. The highest BCUT2D eigenvalue weighted by molar-refractivity contribution is 7.80. The molecule has 13 N–H and O–H groups in total. The van der Waals surface area contributed by atoms with Crippen LogP contribution in [-0.2, 0) is 38.3 Å². The van der Waals surface area contributed by atoms with Crippen LogP contribution in [0.5, 0.6) is 0 Å². The Labute approximate surface area is 280 Å². The van der Waals surface area contributed by atoms with Gasteiger partial charge in [-0.3, -0.25) is 4.55 Å². The number of nitrogens with two attached hydrogens (primary N) is 2. The summed E-state index contributed by atoms with van der Waals surface area (Å²) in [5.74, 6) is 0. The van der Waals surface area contributed by atoms with Gasteiger partial charge >= 0.3 is 10.4 Å². The zero-order valence-electron chi connectivity index (χ0n) is 27.1. The van der Waals surface area contributed by atoms with Gasteiger partial charge in [0.15, 0.2) is 18.9 Å². The minimum atomic E-state index is -5.16. The molecule has 20 heteroatoms. The molecule has 0 spiro atoms. The molecular weight excluding hydrogens is 666 g/mol. The average molecular weight is 722 g/mol. The van der Waals surface area contributed by atoms with E-state index in [1.165, 1.54) is 12.8 Å². The molecule has 284 valence electrons. The van der Waals surface area contributed by atoms with Crippen molar-refractivity contribution >= 4 is 10.4 Å². The number of unbranched alkanes of at least 4 members (excludes halogenated alkanes) is 7. The lowest BCUT2D eigenvalue weighted by Gasteiger charge is -2.49. The summed E-state index contributed by atoms with van der Waals surface area (Å²) >= 11 is 0. The van der Waals surface area contributed by atoms with Gasteiger partial charge in [-0.25, -0.2) is 4.18 Å². The molecule has 48 heavy (non-hydrogen) atoms. The van der Waals surface area contributed by atoms with E-state index in [0.717, 1.165) is 32.1 Å². The monoisotopic (exact) mass is 721 g/mol. The lowest BCUT2D eigenvalue weighted by atomic mass is 9.94. The van der Waals surface area contributed by atoms with Gasteiger partial charge in [0.05, 0.1) is 37.9 Å². The first-order valence-electron chi connectivity index (χ1n) is 16.5. The van der Waals surface area contributed by atoms with Gasteiger partial charge in [-0.05, 0) is 13.0 Å². The zero-order valence-corrected chi connectivity index (χ0v) is 27.9. The Morgan fingerprint density at radius 1 is 0.667 bits per heavy atom. The van der Waals surface area contributed by atoms with Gasteiger partial charge < -0.3 is 76.2 Å². The summed E-state index contributed by atoms with van der Waals surface area (Å²) in [6.45, 7) is 0.205. The summed E-state index contributed by atoms with van der Waals surface area (Å²) in [5.41, 5.74) is 12.0. The normalized spacial score (nSPS) is 41.0. The number of hydrogen-bond donors (Lipinski definition) is 11. The highest BCUT2D eigenvalue weighted by Crippen LogP contribution is 2.33. The van der Waals surface area contributed by atoms with Crippen LogP contribution in [0.25, 0.3) is 0 Å². The molecule has 0 amide bonds. The smallest absolute Gasteiger partial charge is 0.394 e. The molecule has 0 aliphatic carbocycles. The molecular formula is C28H55N3O16S. The number of ether oxygens (including phenoxy) is 5. The van der Waals surface area contributed by atoms with Gasteiger partial charge in [0.25, 0.3) is 0 Å². The summed E-state index contributed by atoms with van der Waals surface area (Å²) in [7, 11) is -5.16. The molecule has 0 bridgehead atoms. The summed E-state index contributed by atoms with van der Waals surface area (Å²) in [5, 5.41) is 75.4. The van der Waals surface area contributed by atoms with Gasteiger partial charge in [0.1, 0.15) is 54.9 Å². The molecule has 3 aliphatic rings. The number of hydrogen-bond acceptors (Lipinski definition) is 18. The van der Waals surface area contributed by atoms with E-state index in [9.17, 15) is 48.7 Å². The zero-order chi connectivity index (χ0) is 35.6. The maximum absolute atomic E-state index is 11.7. The quantitative estimate of drug-likeness (QED) is 0.0446. The molecule has 3 heterocycles. The second kappa shape index (κ2) is 19.8. The third kappa shape index (κ3) is 11.1. The van der Waals surface area contributed by atoms with Crippen molar-refractivity contribution in [1.82, 2.24) is 5.32 Å². The van der Waals surface area contributed by atoms with E-state index < -0.39 is 122 Å². The molecule has 0 aromatic heterocycles. The predicted octanol–water partition coefficient (Wildman–Crippen LogP) is -4.08. The maximum Gasteiger partial charge on any atom is 0.397 e. The molecule has 0 radical (unpaired) electrons. The Bertz CT molecular complexity index is 1030. The van der Waals surface area contributed by atoms with Crippen LogP contribution in [-0.4, -0.2) is 167 Å². The third-order valence-electron chi connectivity index (χ3n) is 8.90. The van der Waals surface area contributed by atoms with Gasteiger partial charge in [-0.1, -0.05) is 51.9 Å². The van der Waals surface area contributed by atoms with Crippen molar-refractivity contribution in [1.29, 1.82) is 0 Å². The van der Waals surface area contributed by atoms with Crippen LogP contribution in [0.1, 0.15) is 58.3 Å². The van der Waals surface area contributed by atoms with Crippen molar-refractivity contribution in [2.45, 2.75) is 150 Å². The molecule has 3 rings (SSSR count). The van der Waals surface area contributed by atoms with E-state index in [0.29, 0.717) is 13.0 Å². The molecule has 0 aromatic rings. The van der Waals surface area contributed by atoms with Crippen LogP contribution in [0.15, 0.2) is 0 Å². The summed E-state index contributed by atoms with van der Waals surface area (Å²) < 4.78 is 66.3. The van der Waals surface area contributed by atoms with E-state index in [4.69, 9.17) is 39.3 Å². The Morgan fingerprint density at radius 2 is 1.21 bits per heavy atom. The first-order valence-corrected chi connectivity index (χ1v) is 17.9. The Balaban J connectivity index is 1.83. The molecule has 3 fully saturated rings. The minimum absolute atomic E-state index is 0.334.